The van der Waals surface area contributed by atoms with E-state index in [1.807, 2.05) is 6.92 Å². The molecule has 7 heteroatoms. The van der Waals surface area contributed by atoms with E-state index in [-0.39, 0.29) is 6.61 Å². The molecular formula is C13H18N2O5. The molecule has 110 valence electrons. The summed E-state index contributed by atoms with van der Waals surface area (Å²) in [6.45, 7) is 2.27. The Labute approximate surface area is 116 Å². The van der Waals surface area contributed by atoms with Crippen molar-refractivity contribution in [1.29, 1.82) is 0 Å². The molecule has 1 atom stereocenters. The van der Waals surface area contributed by atoms with Gasteiger partial charge in [-0.15, -0.1) is 0 Å². The number of hydrogen-bond donors (Lipinski definition) is 3. The Hall–Kier alpha value is -2.28. The summed E-state index contributed by atoms with van der Waals surface area (Å²) in [5, 5.41) is 13.7. The normalized spacial score (nSPS) is 11.5. The Bertz CT molecular complexity index is 464. The highest BCUT2D eigenvalue weighted by Crippen LogP contribution is 2.17. The van der Waals surface area contributed by atoms with E-state index in [9.17, 15) is 9.59 Å². The zero-order valence-corrected chi connectivity index (χ0v) is 11.4. The number of rotatable bonds is 7. The Morgan fingerprint density at radius 2 is 2.15 bits per heavy atom. The first-order chi connectivity index (χ1) is 9.56. The van der Waals surface area contributed by atoms with Crippen molar-refractivity contribution in [1.82, 2.24) is 5.32 Å². The van der Waals surface area contributed by atoms with Gasteiger partial charge in [-0.2, -0.15) is 0 Å². The Morgan fingerprint density at radius 3 is 2.75 bits per heavy atom. The van der Waals surface area contributed by atoms with Gasteiger partial charge in [0.1, 0.15) is 5.75 Å². The molecule has 0 bridgehead atoms. The summed E-state index contributed by atoms with van der Waals surface area (Å²) in [5.41, 5.74) is 0.509. The minimum atomic E-state index is -1.16. The minimum Gasteiger partial charge on any atom is -0.494 e. The maximum atomic E-state index is 11.7. The number of hydrogen-bond acceptors (Lipinski definition) is 4. The van der Waals surface area contributed by atoms with Crippen LogP contribution in [0.3, 0.4) is 0 Å². The minimum absolute atomic E-state index is 0.109. The lowest BCUT2D eigenvalue weighted by molar-refractivity contribution is -0.140. The molecule has 1 aromatic carbocycles. The van der Waals surface area contributed by atoms with Crippen molar-refractivity contribution in [2.75, 3.05) is 25.6 Å². The second kappa shape index (κ2) is 8.00. The summed E-state index contributed by atoms with van der Waals surface area (Å²) in [6, 6.07) is 5.09. The Morgan fingerprint density at radius 1 is 1.40 bits per heavy atom. The number of carbonyl (C=O) groups is 2. The van der Waals surface area contributed by atoms with Crippen LogP contribution in [0.25, 0.3) is 0 Å². The molecule has 0 aliphatic carbocycles. The third kappa shape index (κ3) is 5.15. The smallest absolute Gasteiger partial charge is 0.328 e. The van der Waals surface area contributed by atoms with Crippen LogP contribution in [-0.4, -0.2) is 43.5 Å². The van der Waals surface area contributed by atoms with Gasteiger partial charge in [-0.1, -0.05) is 6.07 Å². The van der Waals surface area contributed by atoms with E-state index in [1.54, 1.807) is 24.3 Å². The first-order valence-corrected chi connectivity index (χ1v) is 6.09. The topological polar surface area (TPSA) is 96.9 Å². The van der Waals surface area contributed by atoms with Crippen molar-refractivity contribution in [2.45, 2.75) is 13.0 Å². The van der Waals surface area contributed by atoms with E-state index in [0.717, 1.165) is 0 Å². The van der Waals surface area contributed by atoms with E-state index in [0.29, 0.717) is 18.0 Å². The van der Waals surface area contributed by atoms with Crippen LogP contribution in [0.1, 0.15) is 6.92 Å². The number of carbonyl (C=O) groups excluding carboxylic acids is 1. The third-order valence-electron chi connectivity index (χ3n) is 2.34. The van der Waals surface area contributed by atoms with Crippen molar-refractivity contribution >= 4 is 17.7 Å². The van der Waals surface area contributed by atoms with Crippen molar-refractivity contribution in [3.63, 3.8) is 0 Å². The van der Waals surface area contributed by atoms with E-state index in [1.165, 1.54) is 7.11 Å². The molecule has 0 saturated heterocycles. The van der Waals surface area contributed by atoms with Gasteiger partial charge in [-0.25, -0.2) is 9.59 Å². The Kier molecular flexibility index (Phi) is 6.31. The fourth-order valence-electron chi connectivity index (χ4n) is 1.50. The molecule has 1 aromatic rings. The number of carboxylic acid groups (broad SMARTS) is 1. The fourth-order valence-corrected chi connectivity index (χ4v) is 1.50. The van der Waals surface area contributed by atoms with Crippen LogP contribution in [0.15, 0.2) is 24.3 Å². The lowest BCUT2D eigenvalue weighted by Crippen LogP contribution is -2.45. The number of anilines is 1. The average Bonchev–Trinajstić information content (AvgIpc) is 2.38. The molecule has 7 nitrogen and oxygen atoms in total. The standard InChI is InChI=1S/C13H18N2O5/c1-3-20-10-6-4-5-9(7-10)14-13(18)15-11(8-19-2)12(16)17/h4-7,11H,3,8H2,1-2H3,(H,16,17)(H2,14,15,18). The highest BCUT2D eigenvalue weighted by atomic mass is 16.5. The molecule has 0 aromatic heterocycles. The monoisotopic (exact) mass is 282 g/mol. The number of carboxylic acids is 1. The molecular weight excluding hydrogens is 264 g/mol. The van der Waals surface area contributed by atoms with E-state index < -0.39 is 18.0 Å². The largest absolute Gasteiger partial charge is 0.494 e. The number of methoxy groups -OCH3 is 1. The van der Waals surface area contributed by atoms with E-state index in [2.05, 4.69) is 10.6 Å². The van der Waals surface area contributed by atoms with Gasteiger partial charge in [0.25, 0.3) is 0 Å². The van der Waals surface area contributed by atoms with Crippen LogP contribution in [-0.2, 0) is 9.53 Å². The average molecular weight is 282 g/mol. The molecule has 0 aliphatic rings. The molecule has 3 N–H and O–H groups in total. The zero-order chi connectivity index (χ0) is 15.0. The zero-order valence-electron chi connectivity index (χ0n) is 11.4. The molecule has 1 rings (SSSR count). The lowest BCUT2D eigenvalue weighted by atomic mass is 10.3. The van der Waals surface area contributed by atoms with E-state index in [4.69, 9.17) is 14.6 Å². The molecule has 20 heavy (non-hydrogen) atoms. The quantitative estimate of drug-likeness (QED) is 0.700. The number of ether oxygens (including phenoxy) is 2. The predicted molar refractivity (Wildman–Crippen MR) is 73.1 cm³/mol. The highest BCUT2D eigenvalue weighted by molar-refractivity contribution is 5.92. The van der Waals surface area contributed by atoms with Gasteiger partial charge in [0.15, 0.2) is 6.04 Å². The van der Waals surface area contributed by atoms with Crippen molar-refractivity contribution < 1.29 is 24.2 Å². The number of aliphatic carboxylic acids is 1. The van der Waals surface area contributed by atoms with Crippen LogP contribution >= 0.6 is 0 Å². The highest BCUT2D eigenvalue weighted by Gasteiger charge is 2.19. The van der Waals surface area contributed by atoms with Crippen molar-refractivity contribution in [3.8, 4) is 5.75 Å². The fraction of sp³-hybridized carbons (Fsp3) is 0.385. The Balaban J connectivity index is 2.61. The third-order valence-corrected chi connectivity index (χ3v) is 2.34. The SMILES string of the molecule is CCOc1cccc(NC(=O)NC(COC)C(=O)O)c1. The maximum absolute atomic E-state index is 11.7. The summed E-state index contributed by atoms with van der Waals surface area (Å²) in [4.78, 5) is 22.6. The lowest BCUT2D eigenvalue weighted by Gasteiger charge is -2.14. The molecule has 1 unspecified atom stereocenters. The summed E-state index contributed by atoms with van der Waals surface area (Å²) in [5.74, 6) is -0.540. The molecule has 0 fully saturated rings. The van der Waals surface area contributed by atoms with Gasteiger partial charge in [-0.3, -0.25) is 0 Å². The van der Waals surface area contributed by atoms with Gasteiger partial charge in [0.05, 0.1) is 13.2 Å². The molecule has 2 amide bonds. The van der Waals surface area contributed by atoms with Gasteiger partial charge in [0.2, 0.25) is 0 Å². The molecule has 0 saturated carbocycles. The van der Waals surface area contributed by atoms with Crippen LogP contribution in [0.2, 0.25) is 0 Å². The van der Waals surface area contributed by atoms with Crippen molar-refractivity contribution in [2.24, 2.45) is 0 Å². The summed E-state index contributed by atoms with van der Waals surface area (Å²) < 4.78 is 10.0. The molecule has 0 heterocycles. The first-order valence-electron chi connectivity index (χ1n) is 6.09. The predicted octanol–water partition coefficient (Wildman–Crippen LogP) is 1.31. The van der Waals surface area contributed by atoms with Gasteiger partial charge in [0, 0.05) is 18.9 Å². The second-order valence-electron chi connectivity index (χ2n) is 3.91. The molecule has 0 radical (unpaired) electrons. The summed E-state index contributed by atoms with van der Waals surface area (Å²) >= 11 is 0. The molecule has 0 spiro atoms. The van der Waals surface area contributed by atoms with Gasteiger partial charge < -0.3 is 25.2 Å². The number of urea groups is 1. The van der Waals surface area contributed by atoms with E-state index >= 15 is 0 Å². The maximum Gasteiger partial charge on any atom is 0.328 e. The van der Waals surface area contributed by atoms with Gasteiger partial charge >= 0.3 is 12.0 Å². The van der Waals surface area contributed by atoms with Crippen LogP contribution < -0.4 is 15.4 Å². The first kappa shape index (κ1) is 15.8. The van der Waals surface area contributed by atoms with Crippen molar-refractivity contribution in [3.05, 3.63) is 24.3 Å². The second-order valence-corrected chi connectivity index (χ2v) is 3.91. The molecule has 0 aliphatic heterocycles. The summed E-state index contributed by atoms with van der Waals surface area (Å²) in [6.07, 6.45) is 0. The van der Waals surface area contributed by atoms with Crippen LogP contribution in [0, 0.1) is 0 Å². The van der Waals surface area contributed by atoms with Gasteiger partial charge in [-0.05, 0) is 19.1 Å². The van der Waals surface area contributed by atoms with Crippen LogP contribution in [0.5, 0.6) is 5.75 Å². The number of nitrogens with one attached hydrogen (secondary N) is 2. The number of benzene rings is 1. The van der Waals surface area contributed by atoms with Crippen LogP contribution in [0.4, 0.5) is 10.5 Å². The summed E-state index contributed by atoms with van der Waals surface area (Å²) in [7, 11) is 1.36. The number of amides is 2.